The number of amides is 1. The smallest absolute Gasteiger partial charge is 0.335 e. The Hall–Kier alpha value is -1.84. The summed E-state index contributed by atoms with van der Waals surface area (Å²) in [5.41, 5.74) is 0.772. The maximum Gasteiger partial charge on any atom is 0.335 e. The van der Waals surface area contributed by atoms with E-state index in [1.165, 1.54) is 25.0 Å². The van der Waals surface area contributed by atoms with Gasteiger partial charge in [-0.25, -0.2) is 4.79 Å². The van der Waals surface area contributed by atoms with Crippen LogP contribution in [0.1, 0.15) is 60.2 Å². The summed E-state index contributed by atoms with van der Waals surface area (Å²) in [5.74, 6) is -0.968. The van der Waals surface area contributed by atoms with Crippen LogP contribution in [-0.4, -0.2) is 34.0 Å². The van der Waals surface area contributed by atoms with Crippen molar-refractivity contribution in [1.29, 1.82) is 0 Å². The predicted octanol–water partition coefficient (Wildman–Crippen LogP) is 3.18. The van der Waals surface area contributed by atoms with Gasteiger partial charge in [0, 0.05) is 17.6 Å². The quantitative estimate of drug-likeness (QED) is 0.918. The van der Waals surface area contributed by atoms with E-state index in [0.717, 1.165) is 12.8 Å². The molecule has 0 aliphatic heterocycles. The van der Waals surface area contributed by atoms with Crippen molar-refractivity contribution in [3.63, 3.8) is 0 Å². The third-order valence-corrected chi connectivity index (χ3v) is 3.89. The summed E-state index contributed by atoms with van der Waals surface area (Å²) in [5, 5.41) is 8.89. The molecule has 0 spiro atoms. The summed E-state index contributed by atoms with van der Waals surface area (Å²) >= 11 is 0. The number of nitrogens with zero attached hydrogens (tertiary/aromatic N) is 1. The molecule has 0 bridgehead atoms. The van der Waals surface area contributed by atoms with Gasteiger partial charge in [0.1, 0.15) is 0 Å². The Morgan fingerprint density at radius 1 is 1.10 bits per heavy atom. The van der Waals surface area contributed by atoms with Gasteiger partial charge in [-0.3, -0.25) is 4.79 Å². The van der Waals surface area contributed by atoms with Gasteiger partial charge in [-0.05, 0) is 51.0 Å². The van der Waals surface area contributed by atoms with E-state index in [9.17, 15) is 9.59 Å². The lowest BCUT2D eigenvalue weighted by Crippen LogP contribution is -2.43. The first kappa shape index (κ1) is 14.6. The van der Waals surface area contributed by atoms with Crippen molar-refractivity contribution >= 4 is 11.9 Å². The molecule has 0 heterocycles. The predicted molar refractivity (Wildman–Crippen MR) is 77.0 cm³/mol. The van der Waals surface area contributed by atoms with Crippen molar-refractivity contribution in [2.45, 2.75) is 51.6 Å². The minimum absolute atomic E-state index is 0.00355. The Balaban J connectivity index is 2.20. The van der Waals surface area contributed by atoms with Crippen molar-refractivity contribution in [1.82, 2.24) is 4.90 Å². The number of carboxylic acids is 1. The zero-order valence-corrected chi connectivity index (χ0v) is 12.0. The van der Waals surface area contributed by atoms with Crippen molar-refractivity contribution < 1.29 is 14.7 Å². The van der Waals surface area contributed by atoms with Crippen LogP contribution in [0.4, 0.5) is 0 Å². The van der Waals surface area contributed by atoms with Crippen LogP contribution in [0.15, 0.2) is 24.3 Å². The standard InChI is InChI=1S/C16H21NO3/c1-11(2)17(14-5-3-4-6-14)15(18)12-7-9-13(10-8-12)16(19)20/h7-11,14H,3-6H2,1-2H3,(H,19,20). The number of benzene rings is 1. The average molecular weight is 275 g/mol. The molecule has 4 nitrogen and oxygen atoms in total. The van der Waals surface area contributed by atoms with Crippen LogP contribution in [0.25, 0.3) is 0 Å². The van der Waals surface area contributed by atoms with E-state index >= 15 is 0 Å². The molecule has 1 saturated carbocycles. The van der Waals surface area contributed by atoms with Crippen LogP contribution in [0.3, 0.4) is 0 Å². The molecule has 20 heavy (non-hydrogen) atoms. The van der Waals surface area contributed by atoms with E-state index in [2.05, 4.69) is 0 Å². The maximum atomic E-state index is 12.6. The van der Waals surface area contributed by atoms with Crippen LogP contribution in [0, 0.1) is 0 Å². The van der Waals surface area contributed by atoms with Gasteiger partial charge in [-0.1, -0.05) is 12.8 Å². The molecule has 1 N–H and O–H groups in total. The second kappa shape index (κ2) is 6.07. The fourth-order valence-electron chi connectivity index (χ4n) is 2.91. The van der Waals surface area contributed by atoms with Crippen LogP contribution in [0.2, 0.25) is 0 Å². The molecule has 4 heteroatoms. The highest BCUT2D eigenvalue weighted by Gasteiger charge is 2.29. The van der Waals surface area contributed by atoms with Gasteiger partial charge in [0.2, 0.25) is 0 Å². The molecular formula is C16H21NO3. The summed E-state index contributed by atoms with van der Waals surface area (Å²) in [6.45, 7) is 4.06. The van der Waals surface area contributed by atoms with Crippen LogP contribution >= 0.6 is 0 Å². The zero-order chi connectivity index (χ0) is 14.7. The van der Waals surface area contributed by atoms with Crippen molar-refractivity contribution in [2.24, 2.45) is 0 Å². The molecule has 0 saturated heterocycles. The van der Waals surface area contributed by atoms with Crippen molar-refractivity contribution in [3.05, 3.63) is 35.4 Å². The molecule has 1 aromatic rings. The van der Waals surface area contributed by atoms with E-state index < -0.39 is 5.97 Å². The first-order chi connectivity index (χ1) is 9.50. The lowest BCUT2D eigenvalue weighted by atomic mass is 10.1. The van der Waals surface area contributed by atoms with Gasteiger partial charge >= 0.3 is 5.97 Å². The first-order valence-electron chi connectivity index (χ1n) is 7.16. The molecule has 1 aliphatic rings. The lowest BCUT2D eigenvalue weighted by molar-refractivity contribution is 0.0611. The van der Waals surface area contributed by atoms with Crippen LogP contribution in [-0.2, 0) is 0 Å². The largest absolute Gasteiger partial charge is 0.478 e. The third-order valence-electron chi connectivity index (χ3n) is 3.89. The summed E-state index contributed by atoms with van der Waals surface area (Å²) in [7, 11) is 0. The molecule has 108 valence electrons. The molecule has 0 aromatic heterocycles. The van der Waals surface area contributed by atoms with E-state index in [0.29, 0.717) is 11.6 Å². The Kier molecular flexibility index (Phi) is 4.42. The van der Waals surface area contributed by atoms with Gasteiger partial charge in [0.25, 0.3) is 5.91 Å². The van der Waals surface area contributed by atoms with E-state index in [1.807, 2.05) is 18.7 Å². The number of hydrogen-bond donors (Lipinski definition) is 1. The van der Waals surface area contributed by atoms with E-state index in [4.69, 9.17) is 5.11 Å². The Bertz CT molecular complexity index is 487. The highest BCUT2D eigenvalue weighted by Crippen LogP contribution is 2.26. The average Bonchev–Trinajstić information content (AvgIpc) is 2.92. The zero-order valence-electron chi connectivity index (χ0n) is 12.0. The number of hydrogen-bond acceptors (Lipinski definition) is 2. The van der Waals surface area contributed by atoms with Crippen LogP contribution < -0.4 is 0 Å². The summed E-state index contributed by atoms with van der Waals surface area (Å²) < 4.78 is 0. The Morgan fingerprint density at radius 3 is 2.05 bits per heavy atom. The van der Waals surface area contributed by atoms with Crippen molar-refractivity contribution in [2.75, 3.05) is 0 Å². The number of rotatable bonds is 4. The van der Waals surface area contributed by atoms with Crippen molar-refractivity contribution in [3.8, 4) is 0 Å². The van der Waals surface area contributed by atoms with Gasteiger partial charge < -0.3 is 10.0 Å². The third kappa shape index (κ3) is 3.00. The number of carboxylic acid groups (broad SMARTS) is 1. The topological polar surface area (TPSA) is 57.6 Å². The summed E-state index contributed by atoms with van der Waals surface area (Å²) in [6.07, 6.45) is 4.49. The molecular weight excluding hydrogens is 254 g/mol. The minimum atomic E-state index is -0.972. The fourth-order valence-corrected chi connectivity index (χ4v) is 2.91. The minimum Gasteiger partial charge on any atom is -0.478 e. The summed E-state index contributed by atoms with van der Waals surface area (Å²) in [4.78, 5) is 25.4. The van der Waals surface area contributed by atoms with E-state index in [1.54, 1.807) is 12.1 Å². The van der Waals surface area contributed by atoms with E-state index in [-0.39, 0.29) is 17.5 Å². The fraction of sp³-hybridized carbons (Fsp3) is 0.500. The van der Waals surface area contributed by atoms with Gasteiger partial charge in [0.05, 0.1) is 5.56 Å². The van der Waals surface area contributed by atoms with Crippen LogP contribution in [0.5, 0.6) is 0 Å². The molecule has 0 radical (unpaired) electrons. The highest BCUT2D eigenvalue weighted by molar-refractivity contribution is 5.96. The Morgan fingerprint density at radius 2 is 1.60 bits per heavy atom. The second-order valence-electron chi connectivity index (χ2n) is 5.63. The second-order valence-corrected chi connectivity index (χ2v) is 5.63. The number of carbonyl (C=O) groups is 2. The maximum absolute atomic E-state index is 12.6. The molecule has 2 rings (SSSR count). The normalized spacial score (nSPS) is 15.6. The molecule has 1 fully saturated rings. The van der Waals surface area contributed by atoms with Gasteiger partial charge in [0.15, 0.2) is 0 Å². The lowest BCUT2D eigenvalue weighted by Gasteiger charge is -2.33. The molecule has 0 unspecified atom stereocenters. The molecule has 1 aliphatic carbocycles. The van der Waals surface area contributed by atoms with Gasteiger partial charge in [-0.2, -0.15) is 0 Å². The SMILES string of the molecule is CC(C)N(C(=O)c1ccc(C(=O)O)cc1)C1CCCC1. The van der Waals surface area contributed by atoms with Gasteiger partial charge in [-0.15, -0.1) is 0 Å². The monoisotopic (exact) mass is 275 g/mol. The molecule has 0 atom stereocenters. The highest BCUT2D eigenvalue weighted by atomic mass is 16.4. The first-order valence-corrected chi connectivity index (χ1v) is 7.16. The summed E-state index contributed by atoms with van der Waals surface area (Å²) in [6, 6.07) is 6.67. The molecule has 1 aromatic carbocycles. The number of aromatic carboxylic acids is 1. The molecule has 1 amide bonds. The Labute approximate surface area is 119 Å². The number of carbonyl (C=O) groups excluding carboxylic acids is 1.